The average molecular weight is 478 g/mol. The number of nitrogens with zero attached hydrogens (tertiary/aromatic N) is 4. The summed E-state index contributed by atoms with van der Waals surface area (Å²) < 4.78 is 3.93. The fraction of sp³-hybridized carbons (Fsp3) is 0.207. The van der Waals surface area contributed by atoms with Crippen LogP contribution < -0.4 is 5.69 Å². The largest absolute Gasteiger partial charge is 0.339 e. The second-order valence-corrected chi connectivity index (χ2v) is 9.27. The van der Waals surface area contributed by atoms with E-state index in [-0.39, 0.29) is 17.6 Å². The number of aromatic nitrogens is 4. The third kappa shape index (κ3) is 3.73. The van der Waals surface area contributed by atoms with Gasteiger partial charge in [0.15, 0.2) is 0 Å². The number of piperidine rings is 1. The number of amides is 1. The van der Waals surface area contributed by atoms with E-state index in [4.69, 9.17) is 0 Å². The van der Waals surface area contributed by atoms with Crippen molar-refractivity contribution in [1.82, 2.24) is 24.0 Å². The van der Waals surface area contributed by atoms with E-state index in [1.54, 1.807) is 12.3 Å². The highest BCUT2D eigenvalue weighted by atomic mass is 16.2. The van der Waals surface area contributed by atoms with Crippen LogP contribution in [0, 0.1) is 0 Å². The molecular formula is C29H27N5O2. The molecule has 0 saturated carbocycles. The Labute approximate surface area is 208 Å². The first-order valence-electron chi connectivity index (χ1n) is 12.3. The highest BCUT2D eigenvalue weighted by molar-refractivity contribution is 6.00. The molecule has 3 aromatic heterocycles. The molecule has 0 unspecified atom stereocenters. The molecule has 2 aromatic carbocycles. The Morgan fingerprint density at radius 2 is 1.75 bits per heavy atom. The molecule has 0 spiro atoms. The number of aromatic amines is 1. The number of rotatable bonds is 4. The SMILES string of the molecule is Cn1c(-c2ccccc2)c(C=CC(=O)N2CCC(n3c(=O)[nH]c4ccccc43)CC2)c2cccnc21. The molecule has 7 heteroatoms. The van der Waals surface area contributed by atoms with Crippen LogP contribution in [0.3, 0.4) is 0 Å². The second kappa shape index (κ2) is 9.00. The number of H-pyrrole nitrogens is 1. The number of benzene rings is 2. The van der Waals surface area contributed by atoms with E-state index in [1.165, 1.54) is 0 Å². The first-order chi connectivity index (χ1) is 17.6. The number of carbonyl (C=O) groups is 1. The lowest BCUT2D eigenvalue weighted by Gasteiger charge is -2.32. The van der Waals surface area contributed by atoms with Crippen molar-refractivity contribution in [3.8, 4) is 11.3 Å². The lowest BCUT2D eigenvalue weighted by Crippen LogP contribution is -2.39. The van der Waals surface area contributed by atoms with Crippen molar-refractivity contribution in [1.29, 1.82) is 0 Å². The zero-order chi connectivity index (χ0) is 24.6. The first kappa shape index (κ1) is 22.1. The number of hydrogen-bond acceptors (Lipinski definition) is 3. The summed E-state index contributed by atoms with van der Waals surface area (Å²) in [5.74, 6) is -0.0142. The summed E-state index contributed by atoms with van der Waals surface area (Å²) in [6.45, 7) is 1.23. The van der Waals surface area contributed by atoms with Crippen LogP contribution in [0.15, 0.2) is 83.8 Å². The summed E-state index contributed by atoms with van der Waals surface area (Å²) >= 11 is 0. The number of fused-ring (bicyclic) bond motifs is 2. The van der Waals surface area contributed by atoms with Gasteiger partial charge in [-0.05, 0) is 48.7 Å². The van der Waals surface area contributed by atoms with Crippen LogP contribution in [0.2, 0.25) is 0 Å². The molecule has 0 aliphatic carbocycles. The molecule has 1 N–H and O–H groups in total. The maximum Gasteiger partial charge on any atom is 0.326 e. The Balaban J connectivity index is 1.24. The van der Waals surface area contributed by atoms with Crippen LogP contribution in [-0.4, -0.2) is 43.0 Å². The predicted octanol–water partition coefficient (Wildman–Crippen LogP) is 4.76. The average Bonchev–Trinajstić information content (AvgIpc) is 3.41. The van der Waals surface area contributed by atoms with E-state index in [0.717, 1.165) is 51.7 Å². The van der Waals surface area contributed by atoms with Gasteiger partial charge in [0, 0.05) is 49.4 Å². The monoisotopic (exact) mass is 477 g/mol. The van der Waals surface area contributed by atoms with Gasteiger partial charge < -0.3 is 14.5 Å². The number of imidazole rings is 1. The molecule has 0 atom stereocenters. The van der Waals surface area contributed by atoms with Gasteiger partial charge in [0.2, 0.25) is 5.91 Å². The number of aryl methyl sites for hydroxylation is 1. The molecule has 180 valence electrons. The van der Waals surface area contributed by atoms with Crippen molar-refractivity contribution in [2.75, 3.05) is 13.1 Å². The van der Waals surface area contributed by atoms with Gasteiger partial charge in [-0.1, -0.05) is 42.5 Å². The third-order valence-corrected chi connectivity index (χ3v) is 7.19. The Morgan fingerprint density at radius 1 is 1.00 bits per heavy atom. The molecule has 1 fully saturated rings. The van der Waals surface area contributed by atoms with Gasteiger partial charge >= 0.3 is 5.69 Å². The molecule has 1 aliphatic heterocycles. The zero-order valence-electron chi connectivity index (χ0n) is 20.1. The van der Waals surface area contributed by atoms with Crippen molar-refractivity contribution in [2.45, 2.75) is 18.9 Å². The molecule has 6 rings (SSSR count). The quantitative estimate of drug-likeness (QED) is 0.379. The summed E-state index contributed by atoms with van der Waals surface area (Å²) in [4.78, 5) is 35.1. The second-order valence-electron chi connectivity index (χ2n) is 9.27. The van der Waals surface area contributed by atoms with Crippen molar-refractivity contribution >= 4 is 34.1 Å². The minimum atomic E-state index is -0.0844. The van der Waals surface area contributed by atoms with Gasteiger partial charge in [0.1, 0.15) is 5.65 Å². The van der Waals surface area contributed by atoms with E-state index in [9.17, 15) is 9.59 Å². The van der Waals surface area contributed by atoms with Gasteiger partial charge in [0.25, 0.3) is 0 Å². The van der Waals surface area contributed by atoms with Crippen LogP contribution in [0.25, 0.3) is 39.4 Å². The normalized spacial score (nSPS) is 14.9. The van der Waals surface area contributed by atoms with Crippen LogP contribution in [0.5, 0.6) is 0 Å². The van der Waals surface area contributed by atoms with Gasteiger partial charge in [-0.15, -0.1) is 0 Å². The molecule has 1 saturated heterocycles. The maximum atomic E-state index is 13.2. The topological polar surface area (TPSA) is 75.9 Å². The molecule has 4 heterocycles. The lowest BCUT2D eigenvalue weighted by molar-refractivity contribution is -0.127. The minimum Gasteiger partial charge on any atom is -0.339 e. The summed E-state index contributed by atoms with van der Waals surface area (Å²) in [6.07, 6.45) is 6.87. The molecule has 1 aliphatic rings. The predicted molar refractivity (Wildman–Crippen MR) is 143 cm³/mol. The fourth-order valence-corrected chi connectivity index (χ4v) is 5.44. The molecule has 5 aromatic rings. The van der Waals surface area contributed by atoms with E-state index < -0.39 is 0 Å². The summed E-state index contributed by atoms with van der Waals surface area (Å²) in [6, 6.07) is 22.0. The van der Waals surface area contributed by atoms with Crippen molar-refractivity contribution < 1.29 is 4.79 Å². The highest BCUT2D eigenvalue weighted by Gasteiger charge is 2.25. The summed E-state index contributed by atoms with van der Waals surface area (Å²) in [5, 5.41) is 1.01. The molecule has 1 amide bonds. The molecule has 0 radical (unpaired) electrons. The van der Waals surface area contributed by atoms with E-state index in [0.29, 0.717) is 13.1 Å². The third-order valence-electron chi connectivity index (χ3n) is 7.19. The Bertz CT molecular complexity index is 1650. The van der Waals surface area contributed by atoms with Crippen molar-refractivity contribution in [2.24, 2.45) is 7.05 Å². The smallest absolute Gasteiger partial charge is 0.326 e. The van der Waals surface area contributed by atoms with Gasteiger partial charge in [0.05, 0.1) is 16.7 Å². The van der Waals surface area contributed by atoms with E-state index >= 15 is 0 Å². The number of hydrogen-bond donors (Lipinski definition) is 1. The molecule has 36 heavy (non-hydrogen) atoms. The van der Waals surface area contributed by atoms with Crippen LogP contribution in [0.1, 0.15) is 24.4 Å². The number of nitrogens with one attached hydrogen (secondary N) is 1. The van der Waals surface area contributed by atoms with Gasteiger partial charge in [-0.25, -0.2) is 9.78 Å². The Hall–Kier alpha value is -4.39. The summed E-state index contributed by atoms with van der Waals surface area (Å²) in [5.41, 5.74) is 5.67. The lowest BCUT2D eigenvalue weighted by atomic mass is 10.0. The maximum absolute atomic E-state index is 13.2. The summed E-state index contributed by atoms with van der Waals surface area (Å²) in [7, 11) is 2.01. The Morgan fingerprint density at radius 3 is 2.56 bits per heavy atom. The van der Waals surface area contributed by atoms with Crippen LogP contribution in [0.4, 0.5) is 0 Å². The van der Waals surface area contributed by atoms with Crippen molar-refractivity contribution in [3.05, 3.63) is 95.1 Å². The number of likely N-dealkylation sites (tertiary alicyclic amines) is 1. The molecule has 0 bridgehead atoms. The zero-order valence-corrected chi connectivity index (χ0v) is 20.1. The highest BCUT2D eigenvalue weighted by Crippen LogP contribution is 2.33. The van der Waals surface area contributed by atoms with Crippen LogP contribution >= 0.6 is 0 Å². The standard InChI is InChI=1S/C29H27N5O2/c1-32-27(20-8-3-2-4-9-20)22(23-10-7-17-30-28(23)32)13-14-26(35)33-18-15-21(16-19-33)34-25-12-6-5-11-24(25)31-29(34)36/h2-14,17,21H,15-16,18-19H2,1H3,(H,31,36). The fourth-order valence-electron chi connectivity index (χ4n) is 5.44. The number of pyridine rings is 1. The number of carbonyl (C=O) groups excluding carboxylic acids is 1. The van der Waals surface area contributed by atoms with Gasteiger partial charge in [-0.3, -0.25) is 9.36 Å². The van der Waals surface area contributed by atoms with Crippen LogP contribution in [-0.2, 0) is 11.8 Å². The molecule has 7 nitrogen and oxygen atoms in total. The van der Waals surface area contributed by atoms with E-state index in [1.807, 2.05) is 77.2 Å². The van der Waals surface area contributed by atoms with Gasteiger partial charge in [-0.2, -0.15) is 0 Å². The Kier molecular flexibility index (Phi) is 5.52. The molecular weight excluding hydrogens is 450 g/mol. The minimum absolute atomic E-state index is 0.0142. The van der Waals surface area contributed by atoms with E-state index in [2.05, 4.69) is 26.7 Å². The number of para-hydroxylation sites is 2. The first-order valence-corrected chi connectivity index (χ1v) is 12.3. The van der Waals surface area contributed by atoms with Crippen molar-refractivity contribution in [3.63, 3.8) is 0 Å².